The van der Waals surface area contributed by atoms with Crippen LogP contribution in [0, 0.1) is 22.2 Å². The molecule has 0 unspecified atom stereocenters. The molecule has 3 N–H and O–H groups in total. The minimum Gasteiger partial charge on any atom is -0.480 e. The average molecular weight is 618 g/mol. The predicted octanol–water partition coefficient (Wildman–Crippen LogP) is 8.80. The first-order valence-electron chi connectivity index (χ1n) is 14.9. The van der Waals surface area contributed by atoms with Gasteiger partial charge in [0.25, 0.3) is 5.91 Å². The summed E-state index contributed by atoms with van der Waals surface area (Å²) in [6.45, 7) is 13.5. The molecule has 6 nitrogen and oxygen atoms in total. The number of nitrogens with one attached hydrogen (secondary N) is 2. The van der Waals surface area contributed by atoms with Crippen molar-refractivity contribution in [3.8, 4) is 0 Å². The van der Waals surface area contributed by atoms with Gasteiger partial charge in [0.2, 0.25) is 5.91 Å². The van der Waals surface area contributed by atoms with Crippen LogP contribution in [0.15, 0.2) is 42.5 Å². The molecule has 42 heavy (non-hydrogen) atoms. The summed E-state index contributed by atoms with van der Waals surface area (Å²) in [7, 11) is 0. The third kappa shape index (κ3) is 8.73. The second-order valence-electron chi connectivity index (χ2n) is 13.8. The van der Waals surface area contributed by atoms with Gasteiger partial charge >= 0.3 is 5.97 Å². The SMILES string of the molecule is CC(C)C(C)(C)CC(C)(C)CC1(C(=O)N[C@@H](CCc2ccc(NC(=O)c3c(Cl)cccc3Cl)cc2)C(=O)O)CCCC1. The smallest absolute Gasteiger partial charge is 0.326 e. The zero-order chi connectivity index (χ0) is 31.3. The lowest BCUT2D eigenvalue weighted by Gasteiger charge is -2.42. The molecule has 0 aliphatic heterocycles. The van der Waals surface area contributed by atoms with Crippen LogP contribution in [0.5, 0.6) is 0 Å². The molecule has 0 spiro atoms. The van der Waals surface area contributed by atoms with Gasteiger partial charge in [-0.2, -0.15) is 0 Å². The Bertz CT molecular complexity index is 1240. The monoisotopic (exact) mass is 616 g/mol. The quantitative estimate of drug-likeness (QED) is 0.209. The third-order valence-corrected chi connectivity index (χ3v) is 9.71. The number of hydrogen-bond donors (Lipinski definition) is 3. The van der Waals surface area contributed by atoms with Crippen LogP contribution >= 0.6 is 23.2 Å². The molecule has 0 radical (unpaired) electrons. The Balaban J connectivity index is 1.63. The molecule has 2 amide bonds. The highest BCUT2D eigenvalue weighted by Crippen LogP contribution is 2.51. The van der Waals surface area contributed by atoms with Gasteiger partial charge in [-0.25, -0.2) is 4.79 Å². The molecular formula is C34H46Cl2N2O4. The van der Waals surface area contributed by atoms with E-state index in [9.17, 15) is 19.5 Å². The number of anilines is 1. The van der Waals surface area contributed by atoms with Crippen LogP contribution < -0.4 is 10.6 Å². The molecule has 2 aromatic rings. The maximum Gasteiger partial charge on any atom is 0.326 e. The summed E-state index contributed by atoms with van der Waals surface area (Å²) < 4.78 is 0. The van der Waals surface area contributed by atoms with Crippen molar-refractivity contribution in [3.05, 3.63) is 63.6 Å². The van der Waals surface area contributed by atoms with Crippen molar-refractivity contribution < 1.29 is 19.5 Å². The predicted molar refractivity (Wildman–Crippen MR) is 171 cm³/mol. The van der Waals surface area contributed by atoms with E-state index in [1.807, 2.05) is 12.1 Å². The molecule has 1 fully saturated rings. The second-order valence-corrected chi connectivity index (χ2v) is 14.6. The molecule has 0 bridgehead atoms. The van der Waals surface area contributed by atoms with Gasteiger partial charge < -0.3 is 15.7 Å². The van der Waals surface area contributed by atoms with Crippen LogP contribution in [-0.2, 0) is 16.0 Å². The number of halogens is 2. The van der Waals surface area contributed by atoms with E-state index in [2.05, 4.69) is 52.2 Å². The molecule has 0 heterocycles. The summed E-state index contributed by atoms with van der Waals surface area (Å²) >= 11 is 12.3. The highest BCUT2D eigenvalue weighted by molar-refractivity contribution is 6.40. The zero-order valence-electron chi connectivity index (χ0n) is 25.8. The van der Waals surface area contributed by atoms with Crippen LogP contribution in [0.1, 0.15) is 102 Å². The zero-order valence-corrected chi connectivity index (χ0v) is 27.3. The van der Waals surface area contributed by atoms with Crippen LogP contribution in [0.2, 0.25) is 10.0 Å². The Kier molecular flexibility index (Phi) is 11.2. The van der Waals surface area contributed by atoms with E-state index in [1.54, 1.807) is 30.3 Å². The van der Waals surface area contributed by atoms with Crippen LogP contribution in [-0.4, -0.2) is 28.9 Å². The number of carbonyl (C=O) groups excluding carboxylic acids is 2. The first kappa shape index (κ1) is 33.9. The van der Waals surface area contributed by atoms with Crippen molar-refractivity contribution in [2.45, 2.75) is 99.0 Å². The summed E-state index contributed by atoms with van der Waals surface area (Å²) in [6.07, 6.45) is 6.04. The number of aliphatic carboxylic acids is 1. The Morgan fingerprint density at radius 2 is 1.52 bits per heavy atom. The minimum atomic E-state index is -1.03. The number of carbonyl (C=O) groups is 3. The lowest BCUT2D eigenvalue weighted by atomic mass is 9.63. The molecular weight excluding hydrogens is 571 g/mol. The number of carboxylic acid groups (broad SMARTS) is 1. The van der Waals surface area contributed by atoms with Gasteiger partial charge in [-0.05, 0) is 85.1 Å². The largest absolute Gasteiger partial charge is 0.480 e. The highest BCUT2D eigenvalue weighted by atomic mass is 35.5. The van der Waals surface area contributed by atoms with Crippen LogP contribution in [0.4, 0.5) is 5.69 Å². The van der Waals surface area contributed by atoms with Crippen molar-refractivity contribution in [2.24, 2.45) is 22.2 Å². The number of aryl methyl sites for hydroxylation is 1. The van der Waals surface area contributed by atoms with Gasteiger partial charge in [-0.1, -0.05) is 95.8 Å². The van der Waals surface area contributed by atoms with E-state index in [4.69, 9.17) is 23.2 Å². The summed E-state index contributed by atoms with van der Waals surface area (Å²) in [6, 6.07) is 11.1. The third-order valence-electron chi connectivity index (χ3n) is 9.08. The van der Waals surface area contributed by atoms with E-state index < -0.39 is 23.3 Å². The fourth-order valence-electron chi connectivity index (χ4n) is 6.49. The van der Waals surface area contributed by atoms with Gasteiger partial charge in [0, 0.05) is 11.1 Å². The van der Waals surface area contributed by atoms with E-state index in [0.29, 0.717) is 18.0 Å². The topological polar surface area (TPSA) is 95.5 Å². The molecule has 1 aliphatic carbocycles. The van der Waals surface area contributed by atoms with Gasteiger partial charge in [0.15, 0.2) is 0 Å². The fourth-order valence-corrected chi connectivity index (χ4v) is 7.06. The van der Waals surface area contributed by atoms with E-state index >= 15 is 0 Å². The molecule has 1 atom stereocenters. The fraction of sp³-hybridized carbons (Fsp3) is 0.559. The van der Waals surface area contributed by atoms with Crippen molar-refractivity contribution in [1.29, 1.82) is 0 Å². The van der Waals surface area contributed by atoms with E-state index in [0.717, 1.165) is 44.1 Å². The number of hydrogen-bond acceptors (Lipinski definition) is 3. The Hall–Kier alpha value is -2.57. The number of carboxylic acids is 1. The van der Waals surface area contributed by atoms with Gasteiger partial charge in [-0.15, -0.1) is 0 Å². The average Bonchev–Trinajstić information content (AvgIpc) is 3.35. The molecule has 3 rings (SSSR count). The van der Waals surface area contributed by atoms with Crippen molar-refractivity contribution in [1.82, 2.24) is 5.32 Å². The summed E-state index contributed by atoms with van der Waals surface area (Å²) in [5.41, 5.74) is 1.23. The number of benzene rings is 2. The van der Waals surface area contributed by atoms with E-state index in [1.165, 1.54) is 0 Å². The standard InChI is InChI=1S/C34H46Cl2N2O4/c1-22(2)33(5,6)20-32(3,4)21-34(18-7-8-19-34)31(42)38-27(30(40)41)17-14-23-12-15-24(16-13-23)37-29(39)28-25(35)10-9-11-26(28)36/h9-13,15-16,22,27H,7-8,14,17-21H2,1-6H3,(H,37,39)(H,38,42)(H,40,41)/t27-/m0/s1. The molecule has 1 saturated carbocycles. The number of amides is 2. The maximum atomic E-state index is 13.7. The Morgan fingerprint density at radius 3 is 2.05 bits per heavy atom. The summed E-state index contributed by atoms with van der Waals surface area (Å²) in [4.78, 5) is 38.6. The summed E-state index contributed by atoms with van der Waals surface area (Å²) in [5.74, 6) is -1.05. The highest BCUT2D eigenvalue weighted by Gasteiger charge is 2.46. The number of rotatable bonds is 13. The lowest BCUT2D eigenvalue weighted by Crippen LogP contribution is -2.49. The van der Waals surface area contributed by atoms with E-state index in [-0.39, 0.29) is 38.8 Å². The molecule has 2 aromatic carbocycles. The van der Waals surface area contributed by atoms with Crippen molar-refractivity contribution in [3.63, 3.8) is 0 Å². The summed E-state index contributed by atoms with van der Waals surface area (Å²) in [5, 5.41) is 16.2. The lowest BCUT2D eigenvalue weighted by molar-refractivity contribution is -0.144. The van der Waals surface area contributed by atoms with Gasteiger partial charge in [-0.3, -0.25) is 9.59 Å². The molecule has 230 valence electrons. The first-order valence-corrected chi connectivity index (χ1v) is 15.7. The van der Waals surface area contributed by atoms with Crippen molar-refractivity contribution >= 4 is 46.7 Å². The van der Waals surface area contributed by atoms with Gasteiger partial charge in [0.05, 0.1) is 15.6 Å². The normalized spacial score (nSPS) is 15.8. The van der Waals surface area contributed by atoms with Crippen molar-refractivity contribution in [2.75, 3.05) is 5.32 Å². The molecule has 8 heteroatoms. The van der Waals surface area contributed by atoms with Crippen LogP contribution in [0.3, 0.4) is 0 Å². The Morgan fingerprint density at radius 1 is 0.952 bits per heavy atom. The molecule has 1 aliphatic rings. The molecule has 0 saturated heterocycles. The van der Waals surface area contributed by atoms with Crippen LogP contribution in [0.25, 0.3) is 0 Å². The second kappa shape index (κ2) is 13.8. The van der Waals surface area contributed by atoms with Gasteiger partial charge in [0.1, 0.15) is 6.04 Å². The minimum absolute atomic E-state index is 0.0531. The molecule has 0 aromatic heterocycles. The Labute approximate surface area is 260 Å². The first-order chi connectivity index (χ1) is 19.5. The maximum absolute atomic E-state index is 13.7.